The highest BCUT2D eigenvalue weighted by Crippen LogP contribution is 2.41. The van der Waals surface area contributed by atoms with Crippen LogP contribution in [0.3, 0.4) is 0 Å². The molecule has 1 aromatic carbocycles. The molecular weight excluding hydrogens is 326 g/mol. The molecule has 2 aliphatic rings. The van der Waals surface area contributed by atoms with Crippen LogP contribution in [0.4, 0.5) is 0 Å². The van der Waals surface area contributed by atoms with Crippen LogP contribution in [-0.2, 0) is 10.4 Å². The van der Waals surface area contributed by atoms with Gasteiger partial charge in [0.15, 0.2) is 5.60 Å². The second-order valence-corrected chi connectivity index (χ2v) is 7.67. The van der Waals surface area contributed by atoms with E-state index >= 15 is 0 Å². The van der Waals surface area contributed by atoms with Gasteiger partial charge in [0.05, 0.1) is 6.17 Å². The second kappa shape index (κ2) is 7.70. The molecule has 0 radical (unpaired) electrons. The number of benzene rings is 1. The van der Waals surface area contributed by atoms with Gasteiger partial charge in [0.2, 0.25) is 0 Å². The molecule has 2 atom stereocenters. The van der Waals surface area contributed by atoms with Gasteiger partial charge in [-0.2, -0.15) is 0 Å². The Balaban J connectivity index is 1.74. The molecule has 0 bridgehead atoms. The fraction of sp³-hybridized carbons (Fsp3) is 0.571. The van der Waals surface area contributed by atoms with Crippen LogP contribution in [0.25, 0.3) is 0 Å². The highest BCUT2D eigenvalue weighted by molar-refractivity contribution is 5.86. The minimum Gasteiger partial charge on any atom is -0.375 e. The van der Waals surface area contributed by atoms with Crippen LogP contribution in [0, 0.1) is 5.92 Å². The number of amides is 1. The Labute approximate surface area is 156 Å². The van der Waals surface area contributed by atoms with Crippen LogP contribution in [0.5, 0.6) is 0 Å². The quantitative estimate of drug-likeness (QED) is 0.850. The van der Waals surface area contributed by atoms with Crippen LogP contribution in [0.2, 0.25) is 0 Å². The van der Waals surface area contributed by atoms with Crippen LogP contribution >= 0.6 is 0 Å². The Morgan fingerprint density at radius 2 is 1.88 bits per heavy atom. The zero-order valence-corrected chi connectivity index (χ0v) is 16.1. The lowest BCUT2D eigenvalue weighted by Crippen LogP contribution is -2.51. The van der Waals surface area contributed by atoms with Crippen molar-refractivity contribution in [3.05, 3.63) is 48.3 Å². The fourth-order valence-corrected chi connectivity index (χ4v) is 4.16. The lowest BCUT2D eigenvalue weighted by molar-refractivity contribution is -0.158. The SMILES string of the molecule is CC1N(C)C=CN1CCN(C)C(=O)C(O)(c1ccccc1)C1CCCC1. The molecule has 142 valence electrons. The molecule has 1 saturated carbocycles. The molecule has 0 spiro atoms. The summed E-state index contributed by atoms with van der Waals surface area (Å²) < 4.78 is 0. The van der Waals surface area contributed by atoms with Gasteiger partial charge in [-0.05, 0) is 25.3 Å². The molecule has 0 saturated heterocycles. The van der Waals surface area contributed by atoms with E-state index in [9.17, 15) is 9.90 Å². The molecule has 3 rings (SSSR count). The predicted molar refractivity (Wildman–Crippen MR) is 103 cm³/mol. The number of carbonyl (C=O) groups is 1. The summed E-state index contributed by atoms with van der Waals surface area (Å²) in [5.41, 5.74) is -0.701. The molecule has 0 aromatic heterocycles. The largest absolute Gasteiger partial charge is 0.375 e. The van der Waals surface area contributed by atoms with E-state index in [1.807, 2.05) is 43.6 Å². The molecule has 1 aromatic rings. The van der Waals surface area contributed by atoms with Crippen molar-refractivity contribution >= 4 is 5.91 Å². The molecule has 26 heavy (non-hydrogen) atoms. The van der Waals surface area contributed by atoms with Crippen molar-refractivity contribution in [2.24, 2.45) is 5.92 Å². The number of carbonyl (C=O) groups excluding carboxylic acids is 1. The summed E-state index contributed by atoms with van der Waals surface area (Å²) in [4.78, 5) is 19.4. The third kappa shape index (κ3) is 3.45. The standard InChI is InChI=1S/C21H31N3O2/c1-17-22(2)13-15-24(17)16-14-23(3)20(25)21(26,19-11-7-8-12-19)18-9-5-4-6-10-18/h4-6,9-10,13,15,17,19,26H,7-8,11-12,14,16H2,1-3H3. The summed E-state index contributed by atoms with van der Waals surface area (Å²) in [6.07, 6.45) is 8.37. The van der Waals surface area contributed by atoms with Crippen molar-refractivity contribution in [3.63, 3.8) is 0 Å². The number of rotatable bonds is 6. The van der Waals surface area contributed by atoms with Gasteiger partial charge in [0, 0.05) is 45.5 Å². The summed E-state index contributed by atoms with van der Waals surface area (Å²) in [6, 6.07) is 9.48. The van der Waals surface area contributed by atoms with E-state index in [4.69, 9.17) is 0 Å². The van der Waals surface area contributed by atoms with Crippen molar-refractivity contribution in [1.82, 2.24) is 14.7 Å². The molecule has 1 aliphatic heterocycles. The first-order chi connectivity index (χ1) is 12.4. The Morgan fingerprint density at radius 1 is 1.23 bits per heavy atom. The van der Waals surface area contributed by atoms with Gasteiger partial charge in [0.25, 0.3) is 5.91 Å². The minimum atomic E-state index is -1.42. The van der Waals surface area contributed by atoms with Gasteiger partial charge >= 0.3 is 0 Å². The third-order valence-electron chi connectivity index (χ3n) is 6.09. The van der Waals surface area contributed by atoms with Crippen molar-refractivity contribution in [2.45, 2.75) is 44.4 Å². The molecule has 1 aliphatic carbocycles. The minimum absolute atomic E-state index is 0.00316. The topological polar surface area (TPSA) is 47.0 Å². The van der Waals surface area contributed by atoms with Gasteiger partial charge in [-0.25, -0.2) is 0 Å². The predicted octanol–water partition coefficient (Wildman–Crippen LogP) is 2.59. The highest BCUT2D eigenvalue weighted by Gasteiger charge is 2.47. The lowest BCUT2D eigenvalue weighted by Gasteiger charge is -2.37. The molecule has 1 amide bonds. The van der Waals surface area contributed by atoms with E-state index in [1.165, 1.54) is 0 Å². The van der Waals surface area contributed by atoms with E-state index in [0.29, 0.717) is 12.7 Å². The summed E-state index contributed by atoms with van der Waals surface area (Å²) in [5.74, 6) is -0.184. The molecule has 1 fully saturated rings. The number of hydrogen-bond donors (Lipinski definition) is 1. The first kappa shape index (κ1) is 18.8. The third-order valence-corrected chi connectivity index (χ3v) is 6.09. The number of likely N-dealkylation sites (N-methyl/N-ethyl adjacent to an activating group) is 1. The smallest absolute Gasteiger partial charge is 0.259 e. The maximum absolute atomic E-state index is 13.3. The van der Waals surface area contributed by atoms with E-state index in [-0.39, 0.29) is 11.8 Å². The number of nitrogens with zero attached hydrogens (tertiary/aromatic N) is 3. The Hall–Kier alpha value is -2.01. The van der Waals surface area contributed by atoms with Crippen LogP contribution in [0.1, 0.15) is 38.2 Å². The van der Waals surface area contributed by atoms with E-state index < -0.39 is 5.60 Å². The summed E-state index contributed by atoms with van der Waals surface area (Å²) >= 11 is 0. The zero-order valence-electron chi connectivity index (χ0n) is 16.1. The fourth-order valence-electron chi connectivity index (χ4n) is 4.16. The second-order valence-electron chi connectivity index (χ2n) is 7.67. The Kier molecular flexibility index (Phi) is 5.56. The average molecular weight is 357 g/mol. The lowest BCUT2D eigenvalue weighted by atomic mass is 9.79. The molecule has 2 unspecified atom stereocenters. The van der Waals surface area contributed by atoms with E-state index in [2.05, 4.69) is 22.9 Å². The summed E-state index contributed by atoms with van der Waals surface area (Å²) in [7, 11) is 3.85. The summed E-state index contributed by atoms with van der Waals surface area (Å²) in [6.45, 7) is 3.48. The highest BCUT2D eigenvalue weighted by atomic mass is 16.3. The first-order valence-corrected chi connectivity index (χ1v) is 9.64. The normalized spacial score (nSPS) is 22.7. The van der Waals surface area contributed by atoms with Crippen molar-refractivity contribution in [1.29, 1.82) is 0 Å². The van der Waals surface area contributed by atoms with Crippen LogP contribution in [0.15, 0.2) is 42.7 Å². The molecule has 1 heterocycles. The molecule has 5 heteroatoms. The van der Waals surface area contributed by atoms with Crippen molar-refractivity contribution in [3.8, 4) is 0 Å². The average Bonchev–Trinajstić information content (AvgIpc) is 3.31. The molecule has 5 nitrogen and oxygen atoms in total. The van der Waals surface area contributed by atoms with Crippen molar-refractivity contribution < 1.29 is 9.90 Å². The summed E-state index contributed by atoms with van der Waals surface area (Å²) in [5, 5.41) is 11.6. The van der Waals surface area contributed by atoms with E-state index in [0.717, 1.165) is 37.8 Å². The number of aliphatic hydroxyl groups is 1. The molecule has 1 N–H and O–H groups in total. The van der Waals surface area contributed by atoms with Gasteiger partial charge in [-0.3, -0.25) is 4.79 Å². The number of hydrogen-bond acceptors (Lipinski definition) is 4. The van der Waals surface area contributed by atoms with Gasteiger partial charge in [-0.15, -0.1) is 0 Å². The first-order valence-electron chi connectivity index (χ1n) is 9.64. The zero-order chi connectivity index (χ0) is 18.7. The maximum atomic E-state index is 13.3. The Bertz CT molecular complexity index is 642. The Morgan fingerprint density at radius 3 is 2.46 bits per heavy atom. The van der Waals surface area contributed by atoms with Crippen LogP contribution in [-0.4, -0.2) is 59.1 Å². The maximum Gasteiger partial charge on any atom is 0.259 e. The van der Waals surface area contributed by atoms with Gasteiger partial charge in [-0.1, -0.05) is 43.2 Å². The monoisotopic (exact) mass is 357 g/mol. The van der Waals surface area contributed by atoms with Crippen molar-refractivity contribution in [2.75, 3.05) is 27.2 Å². The van der Waals surface area contributed by atoms with Gasteiger partial charge < -0.3 is 19.8 Å². The van der Waals surface area contributed by atoms with Crippen LogP contribution < -0.4 is 0 Å². The molecular formula is C21H31N3O2. The van der Waals surface area contributed by atoms with Gasteiger partial charge in [0.1, 0.15) is 0 Å². The van der Waals surface area contributed by atoms with E-state index in [1.54, 1.807) is 11.9 Å².